The third kappa shape index (κ3) is 3.54. The molecule has 0 aliphatic carbocycles. The number of likely N-dealkylation sites (N-methyl/N-ethyl adjacent to an activating group) is 1. The molecule has 0 aromatic carbocycles. The molecule has 5 nitrogen and oxygen atoms in total. The molecule has 1 aliphatic rings. The highest BCUT2D eigenvalue weighted by molar-refractivity contribution is 5.82. The number of aryl methyl sites for hydroxylation is 1. The van der Waals surface area contributed by atoms with E-state index in [2.05, 4.69) is 10.4 Å². The first-order chi connectivity index (χ1) is 9.99. The average Bonchev–Trinajstić information content (AvgIpc) is 2.90. The number of amides is 1. The van der Waals surface area contributed by atoms with E-state index in [0.29, 0.717) is 0 Å². The van der Waals surface area contributed by atoms with E-state index in [1.54, 1.807) is 0 Å². The highest BCUT2D eigenvalue weighted by Crippen LogP contribution is 2.31. The smallest absolute Gasteiger partial charge is 0.340 e. The lowest BCUT2D eigenvalue weighted by molar-refractivity contribution is -0.143. The minimum Gasteiger partial charge on any atom is -0.340 e. The highest BCUT2D eigenvalue weighted by Gasteiger charge is 2.43. The van der Waals surface area contributed by atoms with Crippen LogP contribution in [0.5, 0.6) is 0 Å². The molecule has 2 rings (SSSR count). The number of nitrogens with one attached hydrogen (secondary N) is 1. The van der Waals surface area contributed by atoms with Crippen LogP contribution in [0.3, 0.4) is 0 Å². The van der Waals surface area contributed by atoms with Crippen molar-refractivity contribution in [2.75, 3.05) is 13.6 Å². The van der Waals surface area contributed by atoms with Gasteiger partial charge in [0, 0.05) is 38.8 Å². The number of hydrogen-bond donors (Lipinski definition) is 1. The van der Waals surface area contributed by atoms with Gasteiger partial charge in [0.25, 0.3) is 5.92 Å². The summed E-state index contributed by atoms with van der Waals surface area (Å²) in [5.41, 5.74) is -1.27. The third-order valence-electron chi connectivity index (χ3n) is 3.36. The van der Waals surface area contributed by atoms with E-state index in [9.17, 15) is 26.7 Å². The van der Waals surface area contributed by atoms with Gasteiger partial charge < -0.3 is 4.90 Å². The van der Waals surface area contributed by atoms with Crippen LogP contribution in [0.15, 0.2) is 6.20 Å². The fourth-order valence-electron chi connectivity index (χ4n) is 2.38. The molecule has 1 aromatic heterocycles. The monoisotopic (exact) mass is 326 g/mol. The Balaban J connectivity index is 2.09. The second-order valence-corrected chi connectivity index (χ2v) is 5.36. The first-order valence-corrected chi connectivity index (χ1v) is 6.45. The molecule has 1 aliphatic heterocycles. The summed E-state index contributed by atoms with van der Waals surface area (Å²) < 4.78 is 65.6. The minimum atomic E-state index is -4.64. The molecule has 1 aromatic rings. The molecule has 0 saturated carbocycles. The highest BCUT2D eigenvalue weighted by atomic mass is 19.4. The van der Waals surface area contributed by atoms with E-state index in [-0.39, 0.29) is 12.1 Å². The molecule has 0 spiro atoms. The maximum absolute atomic E-state index is 13.1. The van der Waals surface area contributed by atoms with Gasteiger partial charge in [0.05, 0.1) is 12.6 Å². The van der Waals surface area contributed by atoms with Crippen molar-refractivity contribution in [3.63, 3.8) is 0 Å². The standard InChI is InChI=1S/C12H15F5N4O/c1-20(10(22)8-3-11(13,14)6-18-8)4-7-5-21(2)19-9(7)12(15,16)17/h5,8,18H,3-4,6H2,1-2H3. The maximum Gasteiger partial charge on any atom is 0.435 e. The van der Waals surface area contributed by atoms with Gasteiger partial charge in [-0.05, 0) is 0 Å². The Morgan fingerprint density at radius 1 is 1.55 bits per heavy atom. The Hall–Kier alpha value is -1.71. The van der Waals surface area contributed by atoms with Crippen LogP contribution in [-0.2, 0) is 24.6 Å². The maximum atomic E-state index is 13.1. The Bertz CT molecular complexity index is 568. The number of nitrogens with zero attached hydrogens (tertiary/aromatic N) is 3. The van der Waals surface area contributed by atoms with E-state index in [1.807, 2.05) is 0 Å². The first kappa shape index (κ1) is 16.7. The molecule has 22 heavy (non-hydrogen) atoms. The fraction of sp³-hybridized carbons (Fsp3) is 0.667. The van der Waals surface area contributed by atoms with E-state index >= 15 is 0 Å². The summed E-state index contributed by atoms with van der Waals surface area (Å²) in [6.07, 6.45) is -4.14. The van der Waals surface area contributed by atoms with Crippen molar-refractivity contribution in [2.24, 2.45) is 7.05 Å². The molecule has 1 N–H and O–H groups in total. The van der Waals surface area contributed by atoms with Crippen molar-refractivity contribution < 1.29 is 26.7 Å². The number of aromatic nitrogens is 2. The second kappa shape index (κ2) is 5.49. The topological polar surface area (TPSA) is 50.2 Å². The van der Waals surface area contributed by atoms with Crippen LogP contribution in [0.1, 0.15) is 17.7 Å². The van der Waals surface area contributed by atoms with Crippen LogP contribution < -0.4 is 5.32 Å². The Labute approximate surface area is 123 Å². The summed E-state index contributed by atoms with van der Waals surface area (Å²) in [4.78, 5) is 13.0. The van der Waals surface area contributed by atoms with Gasteiger partial charge in [-0.25, -0.2) is 8.78 Å². The molecule has 0 bridgehead atoms. The van der Waals surface area contributed by atoms with Gasteiger partial charge in [-0.2, -0.15) is 18.3 Å². The SMILES string of the molecule is CN(Cc1cn(C)nc1C(F)(F)F)C(=O)C1CC(F)(F)CN1. The summed E-state index contributed by atoms with van der Waals surface area (Å²) in [5.74, 6) is -3.65. The van der Waals surface area contributed by atoms with Crippen LogP contribution >= 0.6 is 0 Å². The van der Waals surface area contributed by atoms with Crippen LogP contribution in [0, 0.1) is 0 Å². The van der Waals surface area contributed by atoms with E-state index in [4.69, 9.17) is 0 Å². The first-order valence-electron chi connectivity index (χ1n) is 6.45. The zero-order valence-corrected chi connectivity index (χ0v) is 11.9. The molecule has 2 heterocycles. The molecule has 10 heteroatoms. The molecule has 1 atom stereocenters. The van der Waals surface area contributed by atoms with Crippen LogP contribution in [0.25, 0.3) is 0 Å². The number of rotatable bonds is 3. The van der Waals surface area contributed by atoms with Crippen LogP contribution in [0.4, 0.5) is 22.0 Å². The van der Waals surface area contributed by atoms with Crippen LogP contribution in [-0.4, -0.2) is 46.1 Å². The summed E-state index contributed by atoms with van der Waals surface area (Å²) >= 11 is 0. The van der Waals surface area contributed by atoms with Crippen molar-refractivity contribution in [1.82, 2.24) is 20.0 Å². The predicted octanol–water partition coefficient (Wildman–Crippen LogP) is 1.39. The lowest BCUT2D eigenvalue weighted by Crippen LogP contribution is -2.41. The summed E-state index contributed by atoms with van der Waals surface area (Å²) in [6, 6.07) is -1.09. The molecular formula is C12H15F5N4O. The van der Waals surface area contributed by atoms with Gasteiger partial charge in [0.15, 0.2) is 5.69 Å². The van der Waals surface area contributed by atoms with E-state index in [1.165, 1.54) is 14.1 Å². The lowest BCUT2D eigenvalue weighted by Gasteiger charge is -2.21. The number of carbonyl (C=O) groups is 1. The van der Waals surface area contributed by atoms with Crippen molar-refractivity contribution in [2.45, 2.75) is 31.1 Å². The number of halogens is 5. The molecule has 124 valence electrons. The number of alkyl halides is 5. The Morgan fingerprint density at radius 2 is 2.18 bits per heavy atom. The van der Waals surface area contributed by atoms with Gasteiger partial charge in [-0.3, -0.25) is 14.8 Å². The van der Waals surface area contributed by atoms with Crippen molar-refractivity contribution >= 4 is 5.91 Å². The summed E-state index contributed by atoms with van der Waals surface area (Å²) in [6.45, 7) is -0.969. The molecule has 0 radical (unpaired) electrons. The number of carbonyl (C=O) groups excluding carboxylic acids is 1. The van der Waals surface area contributed by atoms with Crippen molar-refractivity contribution in [3.8, 4) is 0 Å². The second-order valence-electron chi connectivity index (χ2n) is 5.36. The molecule has 1 unspecified atom stereocenters. The zero-order valence-electron chi connectivity index (χ0n) is 11.9. The minimum absolute atomic E-state index is 0.185. The summed E-state index contributed by atoms with van der Waals surface area (Å²) in [7, 11) is 2.60. The quantitative estimate of drug-likeness (QED) is 0.854. The van der Waals surface area contributed by atoms with Crippen LogP contribution in [0.2, 0.25) is 0 Å². The average molecular weight is 326 g/mol. The Morgan fingerprint density at radius 3 is 2.68 bits per heavy atom. The third-order valence-corrected chi connectivity index (χ3v) is 3.36. The molecular weight excluding hydrogens is 311 g/mol. The molecule has 1 amide bonds. The van der Waals surface area contributed by atoms with Crippen molar-refractivity contribution in [3.05, 3.63) is 17.5 Å². The van der Waals surface area contributed by atoms with Gasteiger partial charge in [0.1, 0.15) is 0 Å². The van der Waals surface area contributed by atoms with Crippen molar-refractivity contribution in [1.29, 1.82) is 0 Å². The van der Waals surface area contributed by atoms with E-state index in [0.717, 1.165) is 15.8 Å². The fourth-order valence-corrected chi connectivity index (χ4v) is 2.38. The lowest BCUT2D eigenvalue weighted by atomic mass is 10.1. The molecule has 1 fully saturated rings. The zero-order chi connectivity index (χ0) is 16.7. The number of hydrogen-bond acceptors (Lipinski definition) is 3. The van der Waals surface area contributed by atoms with Gasteiger partial charge in [0.2, 0.25) is 5.91 Å². The van der Waals surface area contributed by atoms with Gasteiger partial charge >= 0.3 is 6.18 Å². The molecule has 1 saturated heterocycles. The largest absolute Gasteiger partial charge is 0.435 e. The summed E-state index contributed by atoms with van der Waals surface area (Å²) in [5, 5.41) is 5.71. The van der Waals surface area contributed by atoms with Gasteiger partial charge in [-0.15, -0.1) is 0 Å². The Kier molecular flexibility index (Phi) is 4.16. The normalized spacial score (nSPS) is 21.1. The predicted molar refractivity (Wildman–Crippen MR) is 66.0 cm³/mol. The van der Waals surface area contributed by atoms with Gasteiger partial charge in [-0.1, -0.05) is 0 Å². The van der Waals surface area contributed by atoms with E-state index < -0.39 is 42.7 Å².